The van der Waals surface area contributed by atoms with Crippen LogP contribution >= 0.6 is 11.3 Å². The standard InChI is InChI=1S/C11H9N3O2S/c1-14(2)10-4-3-7(17-10)5-8-9(6-12)13-16-11(8)15/h3-5H,1-2H3. The minimum Gasteiger partial charge on any atom is -0.370 e. The van der Waals surface area contributed by atoms with Gasteiger partial charge >= 0.3 is 5.97 Å². The number of nitriles is 1. The van der Waals surface area contributed by atoms with E-state index < -0.39 is 5.97 Å². The van der Waals surface area contributed by atoms with Crippen molar-refractivity contribution in [2.24, 2.45) is 5.16 Å². The van der Waals surface area contributed by atoms with E-state index >= 15 is 0 Å². The summed E-state index contributed by atoms with van der Waals surface area (Å²) in [5, 5.41) is 13.2. The maximum atomic E-state index is 11.3. The SMILES string of the molecule is CN(C)c1ccc(C=C2C(=O)ON=C2C#N)s1. The highest BCUT2D eigenvalue weighted by Gasteiger charge is 2.25. The first-order valence-corrected chi connectivity index (χ1v) is 5.62. The fourth-order valence-corrected chi connectivity index (χ4v) is 2.17. The lowest BCUT2D eigenvalue weighted by atomic mass is 10.1. The second-order valence-corrected chi connectivity index (χ2v) is 4.65. The van der Waals surface area contributed by atoms with Gasteiger partial charge in [0, 0.05) is 19.0 Å². The molecule has 1 aromatic heterocycles. The van der Waals surface area contributed by atoms with Crippen molar-refractivity contribution >= 4 is 34.1 Å². The smallest absolute Gasteiger partial charge is 0.368 e. The fraction of sp³-hybridized carbons (Fsp3) is 0.182. The second kappa shape index (κ2) is 4.39. The molecule has 1 aromatic rings. The van der Waals surface area contributed by atoms with Gasteiger partial charge in [-0.2, -0.15) is 5.26 Å². The Morgan fingerprint density at radius 1 is 1.53 bits per heavy atom. The summed E-state index contributed by atoms with van der Waals surface area (Å²) in [4.78, 5) is 18.6. The molecule has 2 rings (SSSR count). The molecule has 0 N–H and O–H groups in total. The van der Waals surface area contributed by atoms with Gasteiger partial charge in [0.25, 0.3) is 0 Å². The first-order valence-electron chi connectivity index (χ1n) is 4.80. The molecule has 5 nitrogen and oxygen atoms in total. The molecule has 6 heteroatoms. The summed E-state index contributed by atoms with van der Waals surface area (Å²) in [6.45, 7) is 0. The van der Waals surface area contributed by atoms with Crippen molar-refractivity contribution in [2.45, 2.75) is 0 Å². The van der Waals surface area contributed by atoms with E-state index in [1.165, 1.54) is 11.3 Å². The minimum atomic E-state index is -0.582. The van der Waals surface area contributed by atoms with Crippen molar-refractivity contribution in [3.8, 4) is 6.07 Å². The Balaban J connectivity index is 2.32. The molecular formula is C11H9N3O2S. The highest BCUT2D eigenvalue weighted by molar-refractivity contribution is 7.17. The molecule has 86 valence electrons. The monoisotopic (exact) mass is 247 g/mol. The second-order valence-electron chi connectivity index (χ2n) is 3.56. The Morgan fingerprint density at radius 2 is 2.29 bits per heavy atom. The minimum absolute atomic E-state index is 0.0230. The normalized spacial score (nSPS) is 16.6. The molecule has 0 amide bonds. The van der Waals surface area contributed by atoms with Crippen LogP contribution in [0.1, 0.15) is 4.88 Å². The van der Waals surface area contributed by atoms with Gasteiger partial charge in [0.2, 0.25) is 0 Å². The molecule has 1 aliphatic rings. The van der Waals surface area contributed by atoms with Crippen LogP contribution in [0.25, 0.3) is 6.08 Å². The lowest BCUT2D eigenvalue weighted by molar-refractivity contribution is -0.136. The van der Waals surface area contributed by atoms with Crippen LogP contribution in [0, 0.1) is 11.3 Å². The summed E-state index contributed by atoms with van der Waals surface area (Å²) in [7, 11) is 3.88. The molecule has 0 bridgehead atoms. The Kier molecular flexibility index (Phi) is 2.93. The van der Waals surface area contributed by atoms with Crippen molar-refractivity contribution in [1.29, 1.82) is 5.26 Å². The summed E-state index contributed by atoms with van der Waals surface area (Å²) in [5.41, 5.74) is 0.231. The molecule has 0 fully saturated rings. The largest absolute Gasteiger partial charge is 0.370 e. The molecule has 0 spiro atoms. The average Bonchev–Trinajstić information content (AvgIpc) is 2.88. The lowest BCUT2D eigenvalue weighted by Crippen LogP contribution is -2.05. The van der Waals surface area contributed by atoms with Crippen molar-refractivity contribution in [1.82, 2.24) is 0 Å². The number of anilines is 1. The van der Waals surface area contributed by atoms with Crippen LogP contribution in [0.15, 0.2) is 22.9 Å². The van der Waals surface area contributed by atoms with E-state index in [4.69, 9.17) is 5.26 Å². The number of nitrogens with zero attached hydrogens (tertiary/aromatic N) is 3. The number of oxime groups is 1. The molecule has 17 heavy (non-hydrogen) atoms. The topological polar surface area (TPSA) is 65.7 Å². The zero-order chi connectivity index (χ0) is 12.4. The molecule has 2 heterocycles. The number of rotatable bonds is 2. The molecule has 0 saturated heterocycles. The molecular weight excluding hydrogens is 238 g/mol. The van der Waals surface area contributed by atoms with E-state index in [-0.39, 0.29) is 11.3 Å². The third-order valence-corrected chi connectivity index (χ3v) is 3.34. The Labute approximate surface area is 102 Å². The van der Waals surface area contributed by atoms with Gasteiger partial charge in [0.05, 0.1) is 5.00 Å². The Hall–Kier alpha value is -2.13. The predicted octanol–water partition coefficient (Wildman–Crippen LogP) is 1.63. The van der Waals surface area contributed by atoms with E-state index in [1.54, 1.807) is 6.08 Å². The van der Waals surface area contributed by atoms with Crippen molar-refractivity contribution in [3.63, 3.8) is 0 Å². The van der Waals surface area contributed by atoms with Crippen molar-refractivity contribution in [2.75, 3.05) is 19.0 Å². The third-order valence-electron chi connectivity index (χ3n) is 2.14. The number of carbonyl (C=O) groups is 1. The maximum Gasteiger partial charge on any atom is 0.368 e. The first kappa shape index (κ1) is 11.4. The molecule has 0 aliphatic carbocycles. The summed E-state index contributed by atoms with van der Waals surface area (Å²) < 4.78 is 0. The summed E-state index contributed by atoms with van der Waals surface area (Å²) in [6.07, 6.45) is 1.62. The molecule has 0 unspecified atom stereocenters. The molecule has 0 radical (unpaired) electrons. The van der Waals surface area contributed by atoms with Gasteiger partial charge in [-0.1, -0.05) is 5.16 Å². The Bertz CT molecular complexity index is 564. The first-order chi connectivity index (χ1) is 8.11. The van der Waals surface area contributed by atoms with Gasteiger partial charge in [-0.15, -0.1) is 11.3 Å². The predicted molar refractivity (Wildman–Crippen MR) is 65.8 cm³/mol. The van der Waals surface area contributed by atoms with Crippen LogP contribution in [0.2, 0.25) is 0 Å². The van der Waals surface area contributed by atoms with Gasteiger partial charge in [-0.25, -0.2) is 4.79 Å². The Morgan fingerprint density at radius 3 is 2.88 bits per heavy atom. The zero-order valence-electron chi connectivity index (χ0n) is 9.30. The molecule has 0 atom stereocenters. The van der Waals surface area contributed by atoms with E-state index in [2.05, 4.69) is 9.99 Å². The zero-order valence-corrected chi connectivity index (χ0v) is 10.1. The summed E-state index contributed by atoms with van der Waals surface area (Å²) in [5.74, 6) is -0.582. The fourth-order valence-electron chi connectivity index (χ4n) is 1.29. The van der Waals surface area contributed by atoms with Crippen LogP contribution in [0.5, 0.6) is 0 Å². The van der Waals surface area contributed by atoms with E-state index in [0.717, 1.165) is 9.88 Å². The van der Waals surface area contributed by atoms with E-state index in [1.807, 2.05) is 37.2 Å². The number of thiophene rings is 1. The van der Waals surface area contributed by atoms with Crippen LogP contribution in [-0.2, 0) is 9.63 Å². The molecule has 0 saturated carbocycles. The highest BCUT2D eigenvalue weighted by atomic mass is 32.1. The quantitative estimate of drug-likeness (QED) is 0.588. The van der Waals surface area contributed by atoms with E-state index in [0.29, 0.717) is 0 Å². The molecule has 1 aliphatic heterocycles. The van der Waals surface area contributed by atoms with Gasteiger partial charge in [-0.3, -0.25) is 0 Å². The van der Waals surface area contributed by atoms with Gasteiger partial charge in [0.1, 0.15) is 11.6 Å². The highest BCUT2D eigenvalue weighted by Crippen LogP contribution is 2.27. The van der Waals surface area contributed by atoms with Crippen LogP contribution in [0.3, 0.4) is 0 Å². The maximum absolute atomic E-state index is 11.3. The number of hydrogen-bond acceptors (Lipinski definition) is 6. The summed E-state index contributed by atoms with van der Waals surface area (Å²) in [6, 6.07) is 5.65. The van der Waals surface area contributed by atoms with Gasteiger partial charge < -0.3 is 9.74 Å². The number of hydrogen-bond donors (Lipinski definition) is 0. The van der Waals surface area contributed by atoms with Crippen LogP contribution in [0.4, 0.5) is 5.00 Å². The van der Waals surface area contributed by atoms with Crippen molar-refractivity contribution < 1.29 is 9.63 Å². The molecule has 0 aromatic carbocycles. The summed E-state index contributed by atoms with van der Waals surface area (Å²) >= 11 is 1.52. The number of carbonyl (C=O) groups excluding carboxylic acids is 1. The van der Waals surface area contributed by atoms with E-state index in [9.17, 15) is 4.79 Å². The third kappa shape index (κ3) is 2.19. The average molecular weight is 247 g/mol. The van der Waals surface area contributed by atoms with Gasteiger partial charge in [-0.05, 0) is 18.2 Å². The van der Waals surface area contributed by atoms with Crippen molar-refractivity contribution in [3.05, 3.63) is 22.6 Å². The van der Waals surface area contributed by atoms with Gasteiger partial charge in [0.15, 0.2) is 5.71 Å². The van der Waals surface area contributed by atoms with Crippen LogP contribution < -0.4 is 4.90 Å². The lowest BCUT2D eigenvalue weighted by Gasteiger charge is -2.06. The van der Waals surface area contributed by atoms with Crippen LogP contribution in [-0.4, -0.2) is 25.8 Å².